The lowest BCUT2D eigenvalue weighted by Crippen LogP contribution is -2.33. The number of amides is 1. The Morgan fingerprint density at radius 3 is 2.65 bits per heavy atom. The number of nitrogens with zero attached hydrogens (tertiary/aromatic N) is 1. The molecule has 2 nitrogen and oxygen atoms in total. The minimum absolute atomic E-state index is 0.128. The minimum atomic E-state index is 0.128. The topological polar surface area (TPSA) is 20.3 Å². The van der Waals surface area contributed by atoms with Gasteiger partial charge in [-0.05, 0) is 52.5 Å². The lowest BCUT2D eigenvalue weighted by Gasteiger charge is -2.21. The molecular formula is C19H20BrNOS. The molecule has 1 aliphatic rings. The van der Waals surface area contributed by atoms with Gasteiger partial charge < -0.3 is 4.90 Å². The zero-order chi connectivity index (χ0) is 16.2. The Morgan fingerprint density at radius 2 is 1.87 bits per heavy atom. The highest BCUT2D eigenvalue weighted by atomic mass is 79.9. The molecule has 1 atom stereocenters. The van der Waals surface area contributed by atoms with E-state index in [1.807, 2.05) is 40.9 Å². The Balaban J connectivity index is 1.73. The summed E-state index contributed by atoms with van der Waals surface area (Å²) in [7, 11) is 0. The van der Waals surface area contributed by atoms with Crippen LogP contribution < -0.4 is 0 Å². The van der Waals surface area contributed by atoms with Crippen molar-refractivity contribution in [2.24, 2.45) is 0 Å². The molecule has 2 aromatic carbocycles. The lowest BCUT2D eigenvalue weighted by molar-refractivity contribution is 0.0765. The standard InChI is InChI=1S/C19H20BrNOS/c1-14-6-2-3-7-15(14)18-10-11-21(12-13-23-18)19(22)16-8-4-5-9-17(16)20/h2-9,18H,10-13H2,1H3/t18-/m1/s1. The number of carbonyl (C=O) groups is 1. The van der Waals surface area contributed by atoms with E-state index in [1.165, 1.54) is 11.1 Å². The van der Waals surface area contributed by atoms with Crippen molar-refractivity contribution in [3.8, 4) is 0 Å². The first-order valence-corrected chi connectivity index (χ1v) is 9.72. The number of benzene rings is 2. The Kier molecular flexibility index (Phi) is 5.44. The monoisotopic (exact) mass is 389 g/mol. The molecule has 1 fully saturated rings. The van der Waals surface area contributed by atoms with E-state index in [1.54, 1.807) is 0 Å². The van der Waals surface area contributed by atoms with Crippen LogP contribution in [0.15, 0.2) is 53.0 Å². The van der Waals surface area contributed by atoms with Crippen LogP contribution in [0.25, 0.3) is 0 Å². The first-order valence-electron chi connectivity index (χ1n) is 7.88. The third-order valence-electron chi connectivity index (χ3n) is 4.27. The fraction of sp³-hybridized carbons (Fsp3) is 0.316. The molecule has 1 amide bonds. The summed E-state index contributed by atoms with van der Waals surface area (Å²) in [4.78, 5) is 14.8. The van der Waals surface area contributed by atoms with Crippen LogP contribution in [-0.2, 0) is 0 Å². The molecule has 2 aromatic rings. The smallest absolute Gasteiger partial charge is 0.255 e. The van der Waals surface area contributed by atoms with E-state index in [4.69, 9.17) is 0 Å². The second kappa shape index (κ2) is 7.54. The van der Waals surface area contributed by atoms with Gasteiger partial charge in [0.2, 0.25) is 0 Å². The van der Waals surface area contributed by atoms with Crippen molar-refractivity contribution in [2.45, 2.75) is 18.6 Å². The normalized spacial score (nSPS) is 18.5. The summed E-state index contributed by atoms with van der Waals surface area (Å²) in [6.45, 7) is 3.80. The fourth-order valence-electron chi connectivity index (χ4n) is 2.97. The Morgan fingerprint density at radius 1 is 1.13 bits per heavy atom. The molecule has 1 aliphatic heterocycles. The molecule has 0 unspecified atom stereocenters. The number of hydrogen-bond acceptors (Lipinski definition) is 2. The molecule has 0 bridgehead atoms. The molecule has 1 saturated heterocycles. The van der Waals surface area contributed by atoms with Crippen LogP contribution in [0.1, 0.15) is 33.2 Å². The number of hydrogen-bond donors (Lipinski definition) is 0. The summed E-state index contributed by atoms with van der Waals surface area (Å²) in [5.41, 5.74) is 3.51. The Bertz CT molecular complexity index is 703. The second-order valence-electron chi connectivity index (χ2n) is 5.78. The van der Waals surface area contributed by atoms with E-state index in [0.717, 1.165) is 35.3 Å². The highest BCUT2D eigenvalue weighted by molar-refractivity contribution is 9.10. The molecule has 0 radical (unpaired) electrons. The zero-order valence-electron chi connectivity index (χ0n) is 13.2. The average molecular weight is 390 g/mol. The Hall–Kier alpha value is -1.26. The van der Waals surface area contributed by atoms with Gasteiger partial charge in [0.1, 0.15) is 0 Å². The van der Waals surface area contributed by atoms with Crippen molar-refractivity contribution in [1.29, 1.82) is 0 Å². The van der Waals surface area contributed by atoms with Crippen LogP contribution >= 0.6 is 27.7 Å². The van der Waals surface area contributed by atoms with Crippen LogP contribution in [0.3, 0.4) is 0 Å². The molecular weight excluding hydrogens is 370 g/mol. The van der Waals surface area contributed by atoms with E-state index >= 15 is 0 Å². The third kappa shape index (κ3) is 3.81. The van der Waals surface area contributed by atoms with Crippen LogP contribution in [0, 0.1) is 6.92 Å². The predicted octanol–water partition coefficient (Wildman–Crippen LogP) is 5.08. The molecule has 0 spiro atoms. The second-order valence-corrected chi connectivity index (χ2v) is 7.94. The highest BCUT2D eigenvalue weighted by Crippen LogP contribution is 2.36. The lowest BCUT2D eigenvalue weighted by atomic mass is 10.0. The largest absolute Gasteiger partial charge is 0.338 e. The average Bonchev–Trinajstić information content (AvgIpc) is 2.81. The number of halogens is 1. The van der Waals surface area contributed by atoms with Crippen molar-refractivity contribution in [1.82, 2.24) is 4.90 Å². The van der Waals surface area contributed by atoms with Crippen molar-refractivity contribution < 1.29 is 4.79 Å². The van der Waals surface area contributed by atoms with E-state index in [2.05, 4.69) is 47.1 Å². The molecule has 120 valence electrons. The first kappa shape index (κ1) is 16.6. The SMILES string of the molecule is Cc1ccccc1[C@H]1CCN(C(=O)c2ccccc2Br)CCS1. The number of rotatable bonds is 2. The molecule has 1 heterocycles. The van der Waals surface area contributed by atoms with Gasteiger partial charge in [-0.1, -0.05) is 36.4 Å². The van der Waals surface area contributed by atoms with Crippen molar-refractivity contribution >= 4 is 33.6 Å². The van der Waals surface area contributed by atoms with Gasteiger partial charge in [0.25, 0.3) is 5.91 Å². The van der Waals surface area contributed by atoms with E-state index in [9.17, 15) is 4.79 Å². The quantitative estimate of drug-likeness (QED) is 0.713. The maximum Gasteiger partial charge on any atom is 0.255 e. The Labute approximate surface area is 150 Å². The van der Waals surface area contributed by atoms with Gasteiger partial charge >= 0.3 is 0 Å². The van der Waals surface area contributed by atoms with Gasteiger partial charge in [-0.3, -0.25) is 4.79 Å². The molecule has 3 rings (SSSR count). The van der Waals surface area contributed by atoms with Crippen molar-refractivity contribution in [3.05, 3.63) is 69.7 Å². The van der Waals surface area contributed by atoms with Crippen molar-refractivity contribution in [2.75, 3.05) is 18.8 Å². The maximum absolute atomic E-state index is 12.8. The molecule has 0 aliphatic carbocycles. The van der Waals surface area contributed by atoms with Gasteiger partial charge in [0.05, 0.1) is 5.56 Å². The van der Waals surface area contributed by atoms with Crippen molar-refractivity contribution in [3.63, 3.8) is 0 Å². The van der Waals surface area contributed by atoms with Crippen LogP contribution in [-0.4, -0.2) is 29.6 Å². The number of aryl methyl sites for hydroxylation is 1. The van der Waals surface area contributed by atoms with Gasteiger partial charge in [0.15, 0.2) is 0 Å². The van der Waals surface area contributed by atoms with Gasteiger partial charge in [-0.15, -0.1) is 0 Å². The summed E-state index contributed by atoms with van der Waals surface area (Å²) in [6, 6.07) is 16.3. The number of carbonyl (C=O) groups excluding carboxylic acids is 1. The maximum atomic E-state index is 12.8. The van der Waals surface area contributed by atoms with Gasteiger partial charge in [-0.2, -0.15) is 11.8 Å². The summed E-state index contributed by atoms with van der Waals surface area (Å²) in [5.74, 6) is 1.11. The molecule has 23 heavy (non-hydrogen) atoms. The molecule has 4 heteroatoms. The van der Waals surface area contributed by atoms with Gasteiger partial charge in [0, 0.05) is 28.6 Å². The third-order valence-corrected chi connectivity index (χ3v) is 6.27. The minimum Gasteiger partial charge on any atom is -0.338 e. The predicted molar refractivity (Wildman–Crippen MR) is 101 cm³/mol. The summed E-state index contributed by atoms with van der Waals surface area (Å²) in [5, 5.41) is 0.480. The fourth-order valence-corrected chi connectivity index (χ4v) is 4.76. The van der Waals surface area contributed by atoms with Crippen LogP contribution in [0.5, 0.6) is 0 Å². The molecule has 0 saturated carbocycles. The van der Waals surface area contributed by atoms with E-state index in [-0.39, 0.29) is 5.91 Å². The zero-order valence-corrected chi connectivity index (χ0v) is 15.6. The first-order chi connectivity index (χ1) is 11.2. The highest BCUT2D eigenvalue weighted by Gasteiger charge is 2.24. The van der Waals surface area contributed by atoms with E-state index < -0.39 is 0 Å². The summed E-state index contributed by atoms with van der Waals surface area (Å²) in [6.07, 6.45) is 1.01. The van der Waals surface area contributed by atoms with Gasteiger partial charge in [-0.25, -0.2) is 0 Å². The molecule has 0 aromatic heterocycles. The van der Waals surface area contributed by atoms with E-state index in [0.29, 0.717) is 5.25 Å². The van der Waals surface area contributed by atoms with Crippen LogP contribution in [0.4, 0.5) is 0 Å². The van der Waals surface area contributed by atoms with Crippen LogP contribution in [0.2, 0.25) is 0 Å². The summed E-state index contributed by atoms with van der Waals surface area (Å²) < 4.78 is 0.873. The summed E-state index contributed by atoms with van der Waals surface area (Å²) >= 11 is 5.45. The molecule has 0 N–H and O–H groups in total. The number of thioether (sulfide) groups is 1.